The van der Waals surface area contributed by atoms with Crippen LogP contribution in [0.3, 0.4) is 0 Å². The molecule has 4 aromatic heterocycles. The van der Waals surface area contributed by atoms with Crippen molar-refractivity contribution in [1.82, 2.24) is 34.6 Å². The number of amides is 3. The lowest BCUT2D eigenvalue weighted by Crippen LogP contribution is -2.52. The van der Waals surface area contributed by atoms with Crippen molar-refractivity contribution in [1.29, 1.82) is 0 Å². The Morgan fingerprint density at radius 3 is 2.54 bits per heavy atom. The highest BCUT2D eigenvalue weighted by Gasteiger charge is 2.40. The van der Waals surface area contributed by atoms with Crippen LogP contribution in [0, 0.1) is 11.7 Å². The van der Waals surface area contributed by atoms with Gasteiger partial charge in [0.2, 0.25) is 11.8 Å². The third kappa shape index (κ3) is 7.26. The second-order valence-electron chi connectivity index (χ2n) is 15.6. The van der Waals surface area contributed by atoms with Crippen molar-refractivity contribution in [2.75, 3.05) is 37.6 Å². The van der Waals surface area contributed by atoms with Gasteiger partial charge in [0.1, 0.15) is 6.04 Å². The highest BCUT2D eigenvalue weighted by Crippen LogP contribution is 2.36. The van der Waals surface area contributed by atoms with Crippen molar-refractivity contribution in [3.8, 4) is 11.1 Å². The Kier molecular flexibility index (Phi) is 9.97. The summed E-state index contributed by atoms with van der Waals surface area (Å²) in [5.41, 5.74) is 5.37. The van der Waals surface area contributed by atoms with Crippen molar-refractivity contribution < 1.29 is 27.6 Å². The first kappa shape index (κ1) is 37.0. The number of halogens is 3. The van der Waals surface area contributed by atoms with Gasteiger partial charge in [0.25, 0.3) is 5.91 Å². The number of fused-ring (bicyclic) bond motifs is 4. The SMILES string of the molecule is O=C1CCC(N2Cc3nc(CC4=CCCN(CCC5CCN(c6ncc(-c7ccc8c9cnccc9n(C(F)F)c8c7)cc6F)CC5)CC4)ccc3C2=O)C(=O)N1. The molecule has 9 rings (SSSR count). The summed E-state index contributed by atoms with van der Waals surface area (Å²) in [4.78, 5) is 56.6. The maximum Gasteiger partial charge on any atom is 0.319 e. The molecule has 14 heteroatoms. The molecule has 0 spiro atoms. The molecule has 11 nitrogen and oxygen atoms in total. The molecule has 0 bridgehead atoms. The van der Waals surface area contributed by atoms with Gasteiger partial charge in [-0.2, -0.15) is 8.78 Å². The number of hydrogen-bond donors (Lipinski definition) is 1. The second-order valence-corrected chi connectivity index (χ2v) is 15.6. The van der Waals surface area contributed by atoms with Gasteiger partial charge in [0.15, 0.2) is 11.6 Å². The van der Waals surface area contributed by atoms with E-state index in [0.29, 0.717) is 62.3 Å². The van der Waals surface area contributed by atoms with Gasteiger partial charge in [-0.15, -0.1) is 0 Å². The van der Waals surface area contributed by atoms with Crippen LogP contribution in [0.2, 0.25) is 0 Å². The van der Waals surface area contributed by atoms with E-state index in [1.807, 2.05) is 23.1 Å². The lowest BCUT2D eigenvalue weighted by molar-refractivity contribution is -0.136. The summed E-state index contributed by atoms with van der Waals surface area (Å²) in [6.07, 6.45) is 13.2. The second kappa shape index (κ2) is 15.4. The van der Waals surface area contributed by atoms with Gasteiger partial charge in [0, 0.05) is 79.6 Å². The first-order valence-corrected chi connectivity index (χ1v) is 19.8. The van der Waals surface area contributed by atoms with Crippen molar-refractivity contribution >= 4 is 45.3 Å². The third-order valence-corrected chi connectivity index (χ3v) is 12.2. The Morgan fingerprint density at radius 1 is 0.877 bits per heavy atom. The van der Waals surface area contributed by atoms with E-state index in [1.165, 1.54) is 22.7 Å². The summed E-state index contributed by atoms with van der Waals surface area (Å²) in [5, 5.41) is 3.66. The van der Waals surface area contributed by atoms with Crippen LogP contribution in [-0.4, -0.2) is 85.8 Å². The summed E-state index contributed by atoms with van der Waals surface area (Å²) in [6, 6.07) is 11.4. The minimum Gasteiger partial charge on any atom is -0.354 e. The standard InChI is InChI=1S/C43H43F3N8O3/c44-34-21-29(28-3-5-31-33-24-47-14-9-36(33)54(43(45)46)38(31)22-28)23-48-40(34)52-18-12-26(13-19-52)10-16-51-15-1-2-27(11-17-51)20-30-4-6-32-35(49-30)25-53(42(32)57)37-7-8-39(55)50-41(37)56/h2-6,9,14,21-24,26,37,43H,1,7-8,10-13,15-20,25H2,(H,50,55,56). The van der Waals surface area contributed by atoms with Gasteiger partial charge < -0.3 is 14.7 Å². The fourth-order valence-electron chi connectivity index (χ4n) is 9.07. The number of alkyl halides is 2. The number of hydrogen-bond acceptors (Lipinski definition) is 8. The first-order chi connectivity index (χ1) is 27.7. The average Bonchev–Trinajstić information content (AvgIpc) is 3.61. The predicted octanol–water partition coefficient (Wildman–Crippen LogP) is 6.81. The number of carbonyl (C=O) groups is 3. The summed E-state index contributed by atoms with van der Waals surface area (Å²) in [5.74, 6) is -0.488. The summed E-state index contributed by atoms with van der Waals surface area (Å²) >= 11 is 0. The molecule has 8 heterocycles. The van der Waals surface area contributed by atoms with E-state index in [9.17, 15) is 23.2 Å². The van der Waals surface area contributed by atoms with Gasteiger partial charge in [-0.3, -0.25) is 34.2 Å². The van der Waals surface area contributed by atoms with Crippen LogP contribution in [-0.2, 0) is 22.6 Å². The predicted molar refractivity (Wildman–Crippen MR) is 209 cm³/mol. The lowest BCUT2D eigenvalue weighted by atomic mass is 9.93. The Morgan fingerprint density at radius 2 is 1.74 bits per heavy atom. The highest BCUT2D eigenvalue weighted by molar-refractivity contribution is 6.09. The van der Waals surface area contributed by atoms with Gasteiger partial charge >= 0.3 is 6.55 Å². The third-order valence-electron chi connectivity index (χ3n) is 12.2. The lowest BCUT2D eigenvalue weighted by Gasteiger charge is -2.34. The number of nitrogens with one attached hydrogen (secondary N) is 1. The van der Waals surface area contributed by atoms with Gasteiger partial charge in [-0.1, -0.05) is 23.8 Å². The maximum absolute atomic E-state index is 15.6. The molecule has 1 unspecified atom stereocenters. The van der Waals surface area contributed by atoms with E-state index >= 15 is 4.39 Å². The number of anilines is 1. The Hall–Kier alpha value is -5.63. The van der Waals surface area contributed by atoms with Crippen LogP contribution in [0.25, 0.3) is 32.9 Å². The van der Waals surface area contributed by atoms with Crippen LogP contribution in [0.1, 0.15) is 73.2 Å². The number of carbonyl (C=O) groups excluding carboxylic acids is 3. The minimum absolute atomic E-state index is 0.211. The Labute approximate surface area is 327 Å². The van der Waals surface area contributed by atoms with E-state index in [1.54, 1.807) is 30.6 Å². The van der Waals surface area contributed by atoms with Crippen LogP contribution >= 0.6 is 0 Å². The highest BCUT2D eigenvalue weighted by atomic mass is 19.3. The number of benzene rings is 1. The van der Waals surface area contributed by atoms with E-state index in [-0.39, 0.29) is 24.8 Å². The van der Waals surface area contributed by atoms with Crippen molar-refractivity contribution in [3.05, 3.63) is 95.5 Å². The van der Waals surface area contributed by atoms with Gasteiger partial charge in [-0.05, 0) is 86.9 Å². The number of pyridine rings is 3. The molecule has 1 N–H and O–H groups in total. The smallest absolute Gasteiger partial charge is 0.319 e. The van der Waals surface area contributed by atoms with E-state index in [4.69, 9.17) is 4.98 Å². The Balaban J connectivity index is 0.755. The number of nitrogens with zero attached hydrogens (tertiary/aromatic N) is 7. The molecule has 3 amide bonds. The quantitative estimate of drug-likeness (QED) is 0.128. The topological polar surface area (TPSA) is 117 Å². The van der Waals surface area contributed by atoms with Crippen LogP contribution in [0.15, 0.2) is 72.7 Å². The van der Waals surface area contributed by atoms with Crippen LogP contribution in [0.4, 0.5) is 19.0 Å². The molecular weight excluding hydrogens is 734 g/mol. The van der Waals surface area contributed by atoms with Gasteiger partial charge in [0.05, 0.1) is 28.8 Å². The molecule has 4 aliphatic heterocycles. The van der Waals surface area contributed by atoms with Crippen LogP contribution in [0.5, 0.6) is 0 Å². The average molecular weight is 777 g/mol. The number of piperidine rings is 2. The molecule has 0 saturated carbocycles. The number of aromatic nitrogens is 4. The molecule has 0 radical (unpaired) electrons. The number of rotatable bonds is 9. The molecule has 0 aliphatic carbocycles. The van der Waals surface area contributed by atoms with E-state index in [2.05, 4.69) is 26.3 Å². The zero-order chi connectivity index (χ0) is 39.2. The molecular formula is C43H43F3N8O3. The summed E-state index contributed by atoms with van der Waals surface area (Å²) in [7, 11) is 0. The molecule has 57 heavy (non-hydrogen) atoms. The minimum atomic E-state index is -2.73. The normalized spacial score (nSPS) is 19.8. The van der Waals surface area contributed by atoms with Crippen LogP contribution < -0.4 is 10.2 Å². The first-order valence-electron chi connectivity index (χ1n) is 19.8. The summed E-state index contributed by atoms with van der Waals surface area (Å²) < 4.78 is 44.8. The number of imide groups is 1. The van der Waals surface area contributed by atoms with Crippen molar-refractivity contribution in [2.45, 2.75) is 70.5 Å². The Bertz CT molecular complexity index is 2420. The van der Waals surface area contributed by atoms with E-state index < -0.39 is 24.3 Å². The summed E-state index contributed by atoms with van der Waals surface area (Å²) in [6.45, 7) is 1.95. The maximum atomic E-state index is 15.6. The largest absolute Gasteiger partial charge is 0.354 e. The fourth-order valence-corrected chi connectivity index (χ4v) is 9.07. The molecule has 294 valence electrons. The fraction of sp³-hybridized carbons (Fsp3) is 0.395. The zero-order valence-electron chi connectivity index (χ0n) is 31.5. The molecule has 2 saturated heterocycles. The molecule has 1 aromatic carbocycles. The molecule has 2 fully saturated rings. The molecule has 1 atom stereocenters. The zero-order valence-corrected chi connectivity index (χ0v) is 31.5. The van der Waals surface area contributed by atoms with Gasteiger partial charge in [-0.25, -0.2) is 9.37 Å². The molecule has 4 aliphatic rings. The van der Waals surface area contributed by atoms with Crippen molar-refractivity contribution in [2.24, 2.45) is 5.92 Å². The monoisotopic (exact) mass is 776 g/mol. The van der Waals surface area contributed by atoms with E-state index in [0.717, 1.165) is 81.5 Å². The van der Waals surface area contributed by atoms with Crippen molar-refractivity contribution in [3.63, 3.8) is 0 Å². The molecule has 5 aromatic rings.